The molecular weight excluding hydrogens is 682 g/mol. The van der Waals surface area contributed by atoms with Crippen LogP contribution in [0, 0.1) is 0 Å². The molecular formula is C49H66O2P2. The van der Waals surface area contributed by atoms with Crippen LogP contribution in [-0.4, -0.2) is 0 Å². The van der Waals surface area contributed by atoms with E-state index in [1.54, 1.807) is 0 Å². The van der Waals surface area contributed by atoms with E-state index in [-0.39, 0.29) is 0 Å². The van der Waals surface area contributed by atoms with E-state index in [2.05, 4.69) is 24.3 Å². The molecule has 0 radical (unpaired) electrons. The van der Waals surface area contributed by atoms with Crippen LogP contribution in [0.2, 0.25) is 0 Å². The zero-order chi connectivity index (χ0) is 40.1. The number of rotatable bonds is 8. The van der Waals surface area contributed by atoms with Gasteiger partial charge in [0.25, 0.3) is 0 Å². The predicted octanol–water partition coefficient (Wildman–Crippen LogP) is 12.7. The molecule has 0 unspecified atom stereocenters. The van der Waals surface area contributed by atoms with Crippen molar-refractivity contribution in [2.24, 2.45) is 0 Å². The highest BCUT2D eigenvalue weighted by Crippen LogP contribution is 2.43. The summed E-state index contributed by atoms with van der Waals surface area (Å²) < 4.78 is 29.8. The molecule has 0 bridgehead atoms. The molecule has 0 N–H and O–H groups in total. The molecule has 0 saturated carbocycles. The fraction of sp³-hybridized carbons (Fsp3) is 0.265. The van der Waals surface area contributed by atoms with Gasteiger partial charge in [-0.15, -0.1) is 0 Å². The van der Waals surface area contributed by atoms with Gasteiger partial charge < -0.3 is 9.13 Å². The van der Waals surface area contributed by atoms with E-state index >= 15 is 0 Å². The van der Waals surface area contributed by atoms with E-state index < -0.39 is 14.3 Å². The zero-order valence-corrected chi connectivity index (χ0v) is 36.4. The smallest absolute Gasteiger partial charge is 0.171 e. The van der Waals surface area contributed by atoms with Crippen LogP contribution in [0.3, 0.4) is 0 Å². The maximum Gasteiger partial charge on any atom is 0.171 e. The molecule has 0 aliphatic carbocycles. The summed E-state index contributed by atoms with van der Waals surface area (Å²) in [5.41, 5.74) is 2.11. The van der Waals surface area contributed by atoms with Gasteiger partial charge in [-0.05, 0) is 29.7 Å². The second-order valence-electron chi connectivity index (χ2n) is 10.1. The quantitative estimate of drug-likeness (QED) is 0.145. The summed E-state index contributed by atoms with van der Waals surface area (Å²) in [6.45, 7) is 24.0. The van der Waals surface area contributed by atoms with Crippen molar-refractivity contribution in [2.75, 3.05) is 0 Å². The lowest BCUT2D eigenvalue weighted by Gasteiger charge is -2.21. The van der Waals surface area contributed by atoms with Gasteiger partial charge in [-0.2, -0.15) is 0 Å². The fourth-order valence-corrected chi connectivity index (χ4v) is 10.9. The summed E-state index contributed by atoms with van der Waals surface area (Å²) in [4.78, 5) is 0. The van der Waals surface area contributed by atoms with Crippen molar-refractivity contribution in [3.8, 4) is 0 Å². The number of hydrogen-bond acceptors (Lipinski definition) is 2. The van der Waals surface area contributed by atoms with E-state index in [4.69, 9.17) is 0 Å². The molecule has 6 aromatic rings. The Bertz CT molecular complexity index is 1630. The third-order valence-electron chi connectivity index (χ3n) is 7.44. The predicted molar refractivity (Wildman–Crippen MR) is 243 cm³/mol. The molecule has 0 aromatic heterocycles. The van der Waals surface area contributed by atoms with E-state index in [1.165, 1.54) is 0 Å². The van der Waals surface area contributed by atoms with Gasteiger partial charge in [0.2, 0.25) is 0 Å². The Morgan fingerprint density at radius 3 is 0.717 bits per heavy atom. The zero-order valence-electron chi connectivity index (χ0n) is 34.6. The first-order chi connectivity index (χ1) is 26.1. The lowest BCUT2D eigenvalue weighted by molar-refractivity contribution is 0.591. The third kappa shape index (κ3) is 13.0. The normalized spacial score (nSPS) is 9.74. The van der Waals surface area contributed by atoms with Crippen LogP contribution in [0.5, 0.6) is 0 Å². The van der Waals surface area contributed by atoms with Crippen molar-refractivity contribution in [2.45, 2.75) is 89.5 Å². The van der Waals surface area contributed by atoms with Gasteiger partial charge in [-0.3, -0.25) is 0 Å². The lowest BCUT2D eigenvalue weighted by atomic mass is 10.1. The van der Waals surface area contributed by atoms with Gasteiger partial charge in [0.05, 0.1) is 0 Å². The van der Waals surface area contributed by atoms with Crippen LogP contribution in [0.4, 0.5) is 0 Å². The molecule has 0 aliphatic heterocycles. The second kappa shape index (κ2) is 28.3. The molecule has 4 heteroatoms. The molecule has 0 aliphatic rings. The topological polar surface area (TPSA) is 34.1 Å². The van der Waals surface area contributed by atoms with Crippen molar-refractivity contribution in [1.29, 1.82) is 0 Å². The summed E-state index contributed by atoms with van der Waals surface area (Å²) in [7, 11) is -6.14. The minimum absolute atomic E-state index is 0.634. The summed E-state index contributed by atoms with van der Waals surface area (Å²) in [6.07, 6.45) is 0.634. The molecule has 284 valence electrons. The Hall–Kier alpha value is -4.22. The summed E-state index contributed by atoms with van der Waals surface area (Å²) in [5, 5.41) is 4.88. The maximum absolute atomic E-state index is 14.9. The first kappa shape index (κ1) is 48.8. The van der Waals surface area contributed by atoms with Crippen LogP contribution in [0.25, 0.3) is 0 Å². The maximum atomic E-state index is 14.9. The molecule has 0 heterocycles. The minimum atomic E-state index is -3.07. The highest BCUT2D eigenvalue weighted by molar-refractivity contribution is 7.85. The average Bonchev–Trinajstić information content (AvgIpc) is 3.28. The number of benzene rings is 6. The van der Waals surface area contributed by atoms with Gasteiger partial charge in [0, 0.05) is 31.8 Å². The summed E-state index contributed by atoms with van der Waals surface area (Å²) in [6, 6.07) is 55.2. The molecule has 0 amide bonds. The Morgan fingerprint density at radius 2 is 0.491 bits per heavy atom. The van der Waals surface area contributed by atoms with Crippen LogP contribution in [0.15, 0.2) is 170 Å². The average molecular weight is 749 g/mol. The van der Waals surface area contributed by atoms with Crippen LogP contribution >= 0.6 is 14.3 Å². The Morgan fingerprint density at radius 1 is 0.283 bits per heavy atom. The highest BCUT2D eigenvalue weighted by atomic mass is 31.2. The standard InChI is InChI=1S/C37H30O2P2.6C2H6/c38-40(32-17-5-1-6-18-32,33-19-7-2-8-20-33)36-25-13-15-30(28-36)27-31-16-14-26-37(29-31)41(39,34-21-9-3-10-22-34)35-23-11-4-12-24-35;6*1-2/h1-26,28-29H,27H2;6*1-2H3. The minimum Gasteiger partial charge on any atom is -0.309 e. The third-order valence-corrected chi connectivity index (χ3v) is 13.5. The van der Waals surface area contributed by atoms with E-state index in [0.29, 0.717) is 6.42 Å². The first-order valence-electron chi connectivity index (χ1n) is 19.7. The van der Waals surface area contributed by atoms with Crippen molar-refractivity contribution in [3.63, 3.8) is 0 Å². The first-order valence-corrected chi connectivity index (χ1v) is 23.1. The number of hydrogen-bond donors (Lipinski definition) is 0. The van der Waals surface area contributed by atoms with Crippen molar-refractivity contribution >= 4 is 46.1 Å². The molecule has 6 aromatic carbocycles. The largest absolute Gasteiger partial charge is 0.309 e. The van der Waals surface area contributed by atoms with Gasteiger partial charge >= 0.3 is 0 Å². The van der Waals surface area contributed by atoms with Gasteiger partial charge in [0.1, 0.15) is 0 Å². The monoisotopic (exact) mass is 748 g/mol. The molecule has 0 atom stereocenters. The molecule has 0 saturated heterocycles. The SMILES string of the molecule is CC.CC.CC.CC.CC.CC.O=P(c1ccccc1)(c1ccccc1)c1cccc(Cc2cccc(P(=O)(c3ccccc3)c3ccccc3)c2)c1. The van der Waals surface area contributed by atoms with Crippen LogP contribution < -0.4 is 31.8 Å². The van der Waals surface area contributed by atoms with Crippen molar-refractivity contribution < 1.29 is 9.13 Å². The Kier molecular flexibility index (Phi) is 26.1. The fourth-order valence-electron chi connectivity index (χ4n) is 5.41. The molecule has 6 rings (SSSR count). The van der Waals surface area contributed by atoms with E-state index in [0.717, 1.165) is 43.0 Å². The summed E-state index contributed by atoms with van der Waals surface area (Å²) >= 11 is 0. The molecule has 2 nitrogen and oxygen atoms in total. The lowest BCUT2D eigenvalue weighted by Crippen LogP contribution is -2.25. The van der Waals surface area contributed by atoms with E-state index in [9.17, 15) is 9.13 Å². The van der Waals surface area contributed by atoms with Crippen molar-refractivity contribution in [1.82, 2.24) is 0 Å². The van der Waals surface area contributed by atoms with E-state index in [1.807, 2.05) is 229 Å². The molecule has 0 fully saturated rings. The molecule has 53 heavy (non-hydrogen) atoms. The van der Waals surface area contributed by atoms with Crippen LogP contribution in [0.1, 0.15) is 94.2 Å². The Balaban J connectivity index is 0.00000205. The van der Waals surface area contributed by atoms with Gasteiger partial charge in [-0.25, -0.2) is 0 Å². The van der Waals surface area contributed by atoms with Gasteiger partial charge in [0.15, 0.2) is 14.3 Å². The van der Waals surface area contributed by atoms with Crippen molar-refractivity contribution in [3.05, 3.63) is 181 Å². The second-order valence-corrected chi connectivity index (χ2v) is 15.6. The summed E-state index contributed by atoms with van der Waals surface area (Å²) in [5.74, 6) is 0. The Labute approximate surface area is 324 Å². The van der Waals surface area contributed by atoms with Gasteiger partial charge in [-0.1, -0.05) is 241 Å². The highest BCUT2D eigenvalue weighted by Gasteiger charge is 2.31. The molecule has 0 spiro atoms. The van der Waals surface area contributed by atoms with Crippen LogP contribution in [-0.2, 0) is 15.6 Å².